The summed E-state index contributed by atoms with van der Waals surface area (Å²) in [5, 5.41) is 0. The Bertz CT molecular complexity index is 574. The third-order valence-corrected chi connectivity index (χ3v) is 5.00. The molecule has 1 aliphatic rings. The minimum Gasteiger partial charge on any atom is -0.380 e. The van der Waals surface area contributed by atoms with Gasteiger partial charge in [-0.2, -0.15) is 0 Å². The number of rotatable bonds is 4. The molecule has 1 heteroatoms. The molecule has 116 valence electrons. The second-order valence-electron chi connectivity index (χ2n) is 6.71. The number of hydrogen-bond donors (Lipinski definition) is 0. The van der Waals surface area contributed by atoms with E-state index >= 15 is 0 Å². The summed E-state index contributed by atoms with van der Waals surface area (Å²) >= 11 is 0. The van der Waals surface area contributed by atoms with Crippen LogP contribution in [0.3, 0.4) is 0 Å². The zero-order valence-corrected chi connectivity index (χ0v) is 13.7. The Balaban J connectivity index is 1.70. The molecule has 1 nitrogen and oxygen atoms in total. The van der Waals surface area contributed by atoms with Crippen LogP contribution in [0.1, 0.15) is 49.7 Å². The number of benzene rings is 2. The Labute approximate surface area is 134 Å². The first-order valence-electron chi connectivity index (χ1n) is 8.44. The molecule has 0 aliphatic heterocycles. The van der Waals surface area contributed by atoms with Gasteiger partial charge in [0.25, 0.3) is 0 Å². The molecule has 0 radical (unpaired) electrons. The van der Waals surface area contributed by atoms with Crippen molar-refractivity contribution in [1.82, 2.24) is 0 Å². The maximum Gasteiger partial charge on any atom is 0.0713 e. The molecular formula is C21H26O. The molecule has 1 fully saturated rings. The lowest BCUT2D eigenvalue weighted by Gasteiger charge is -2.26. The van der Waals surface area contributed by atoms with Gasteiger partial charge in [0.1, 0.15) is 0 Å². The van der Waals surface area contributed by atoms with Crippen molar-refractivity contribution in [3.05, 3.63) is 59.7 Å². The minimum absolute atomic E-state index is 0.680. The molecule has 0 bridgehead atoms. The highest BCUT2D eigenvalue weighted by atomic mass is 16.5. The van der Waals surface area contributed by atoms with Crippen LogP contribution in [0.25, 0.3) is 11.1 Å². The summed E-state index contributed by atoms with van der Waals surface area (Å²) in [5.74, 6) is 1.69. The van der Waals surface area contributed by atoms with E-state index in [4.69, 9.17) is 4.74 Å². The fourth-order valence-electron chi connectivity index (χ4n) is 3.50. The average molecular weight is 294 g/mol. The lowest BCUT2D eigenvalue weighted by molar-refractivity contribution is 0.185. The van der Waals surface area contributed by atoms with Crippen molar-refractivity contribution >= 4 is 0 Å². The van der Waals surface area contributed by atoms with Crippen molar-refractivity contribution in [3.63, 3.8) is 0 Å². The standard InChI is InChI=1S/C21H26O/c1-16-3-7-18(8-4-16)20-11-13-21(14-12-20)19-9-5-17(6-10-19)15-22-2/h5-6,9-14,16,18H,3-4,7-8,15H2,1-2H3. The Morgan fingerprint density at radius 2 is 1.36 bits per heavy atom. The third kappa shape index (κ3) is 3.59. The lowest BCUT2D eigenvalue weighted by Crippen LogP contribution is -2.10. The van der Waals surface area contributed by atoms with Crippen molar-refractivity contribution < 1.29 is 4.74 Å². The zero-order valence-electron chi connectivity index (χ0n) is 13.7. The predicted octanol–water partition coefficient (Wildman–Crippen LogP) is 5.79. The van der Waals surface area contributed by atoms with Gasteiger partial charge in [-0.15, -0.1) is 0 Å². The lowest BCUT2D eigenvalue weighted by atomic mass is 9.79. The molecule has 0 unspecified atom stereocenters. The molecule has 22 heavy (non-hydrogen) atoms. The Hall–Kier alpha value is -1.60. The van der Waals surface area contributed by atoms with Crippen LogP contribution in [0.2, 0.25) is 0 Å². The monoisotopic (exact) mass is 294 g/mol. The fraction of sp³-hybridized carbons (Fsp3) is 0.429. The van der Waals surface area contributed by atoms with Gasteiger partial charge in [0, 0.05) is 7.11 Å². The maximum atomic E-state index is 5.16. The fourth-order valence-corrected chi connectivity index (χ4v) is 3.50. The van der Waals surface area contributed by atoms with Crippen molar-refractivity contribution in [2.45, 2.75) is 45.1 Å². The quantitative estimate of drug-likeness (QED) is 0.693. The van der Waals surface area contributed by atoms with Crippen LogP contribution in [0.15, 0.2) is 48.5 Å². The summed E-state index contributed by atoms with van der Waals surface area (Å²) < 4.78 is 5.16. The average Bonchev–Trinajstić information content (AvgIpc) is 2.57. The Kier molecular flexibility index (Phi) is 4.94. The van der Waals surface area contributed by atoms with Crippen molar-refractivity contribution in [3.8, 4) is 11.1 Å². The molecular weight excluding hydrogens is 268 g/mol. The molecule has 2 aromatic rings. The van der Waals surface area contributed by atoms with E-state index in [9.17, 15) is 0 Å². The second kappa shape index (κ2) is 7.11. The molecule has 2 aromatic carbocycles. The highest BCUT2D eigenvalue weighted by molar-refractivity contribution is 5.64. The molecule has 0 atom stereocenters. The summed E-state index contributed by atoms with van der Waals surface area (Å²) in [7, 11) is 1.73. The number of ether oxygens (including phenoxy) is 1. The smallest absolute Gasteiger partial charge is 0.0713 e. The largest absolute Gasteiger partial charge is 0.380 e. The highest BCUT2D eigenvalue weighted by Crippen LogP contribution is 2.36. The molecule has 3 rings (SSSR count). The SMILES string of the molecule is COCc1ccc(-c2ccc(C3CCC(C)CC3)cc2)cc1. The van der Waals surface area contributed by atoms with Crippen LogP contribution in [0, 0.1) is 5.92 Å². The van der Waals surface area contributed by atoms with Crippen molar-refractivity contribution in [1.29, 1.82) is 0 Å². The zero-order chi connectivity index (χ0) is 15.4. The van der Waals surface area contributed by atoms with E-state index in [-0.39, 0.29) is 0 Å². The van der Waals surface area contributed by atoms with Crippen LogP contribution in [-0.2, 0) is 11.3 Å². The number of methoxy groups -OCH3 is 1. The number of hydrogen-bond acceptors (Lipinski definition) is 1. The second-order valence-corrected chi connectivity index (χ2v) is 6.71. The summed E-state index contributed by atoms with van der Waals surface area (Å²) in [4.78, 5) is 0. The predicted molar refractivity (Wildman–Crippen MR) is 93.0 cm³/mol. The normalized spacial score (nSPS) is 21.7. The van der Waals surface area contributed by atoms with E-state index in [0.29, 0.717) is 6.61 Å². The van der Waals surface area contributed by atoms with Crippen LogP contribution in [0.4, 0.5) is 0 Å². The Morgan fingerprint density at radius 3 is 1.91 bits per heavy atom. The van der Waals surface area contributed by atoms with E-state index in [0.717, 1.165) is 11.8 Å². The molecule has 1 aliphatic carbocycles. The van der Waals surface area contributed by atoms with E-state index in [1.54, 1.807) is 7.11 Å². The van der Waals surface area contributed by atoms with Crippen LogP contribution in [-0.4, -0.2) is 7.11 Å². The highest BCUT2D eigenvalue weighted by Gasteiger charge is 2.19. The van der Waals surface area contributed by atoms with E-state index in [1.807, 2.05) is 0 Å². The van der Waals surface area contributed by atoms with Crippen LogP contribution < -0.4 is 0 Å². The minimum atomic E-state index is 0.680. The van der Waals surface area contributed by atoms with E-state index in [1.165, 1.54) is 47.9 Å². The molecule has 0 spiro atoms. The van der Waals surface area contributed by atoms with Gasteiger partial charge >= 0.3 is 0 Å². The summed E-state index contributed by atoms with van der Waals surface area (Å²) in [6.07, 6.45) is 5.47. The first-order chi connectivity index (χ1) is 10.8. The first kappa shape index (κ1) is 15.3. The molecule has 0 saturated heterocycles. The van der Waals surface area contributed by atoms with Crippen LogP contribution in [0.5, 0.6) is 0 Å². The topological polar surface area (TPSA) is 9.23 Å². The van der Waals surface area contributed by atoms with Gasteiger partial charge in [-0.25, -0.2) is 0 Å². The molecule has 0 N–H and O–H groups in total. The van der Waals surface area contributed by atoms with Gasteiger partial charge in [0.2, 0.25) is 0 Å². The van der Waals surface area contributed by atoms with E-state index in [2.05, 4.69) is 55.5 Å². The van der Waals surface area contributed by atoms with Gasteiger partial charge < -0.3 is 4.74 Å². The van der Waals surface area contributed by atoms with E-state index < -0.39 is 0 Å². The molecule has 0 heterocycles. The molecule has 0 amide bonds. The maximum absolute atomic E-state index is 5.16. The van der Waals surface area contributed by atoms with Gasteiger partial charge in [-0.3, -0.25) is 0 Å². The summed E-state index contributed by atoms with van der Waals surface area (Å²) in [6.45, 7) is 3.06. The first-order valence-corrected chi connectivity index (χ1v) is 8.44. The Morgan fingerprint density at radius 1 is 0.818 bits per heavy atom. The summed E-state index contributed by atoms with van der Waals surface area (Å²) in [5.41, 5.74) is 5.33. The van der Waals surface area contributed by atoms with Crippen molar-refractivity contribution in [2.24, 2.45) is 5.92 Å². The third-order valence-electron chi connectivity index (χ3n) is 5.00. The summed E-state index contributed by atoms with van der Waals surface area (Å²) in [6, 6.07) is 17.9. The van der Waals surface area contributed by atoms with Gasteiger partial charge in [-0.05, 0) is 46.9 Å². The van der Waals surface area contributed by atoms with Crippen LogP contribution >= 0.6 is 0 Å². The van der Waals surface area contributed by atoms with Gasteiger partial charge in [0.05, 0.1) is 6.61 Å². The molecule has 0 aromatic heterocycles. The van der Waals surface area contributed by atoms with Gasteiger partial charge in [-0.1, -0.05) is 68.3 Å². The van der Waals surface area contributed by atoms with Gasteiger partial charge in [0.15, 0.2) is 0 Å². The molecule has 1 saturated carbocycles. The van der Waals surface area contributed by atoms with Crippen molar-refractivity contribution in [2.75, 3.05) is 7.11 Å².